The molecule has 24 heavy (non-hydrogen) atoms. The van der Waals surface area contributed by atoms with Crippen LogP contribution in [0.5, 0.6) is 0 Å². The van der Waals surface area contributed by atoms with E-state index in [1.165, 1.54) is 12.1 Å². The normalized spacial score (nSPS) is 10.1. The van der Waals surface area contributed by atoms with Gasteiger partial charge in [-0.15, -0.1) is 11.3 Å². The van der Waals surface area contributed by atoms with E-state index in [4.69, 9.17) is 15.7 Å². The molecule has 0 atom stereocenters. The van der Waals surface area contributed by atoms with Crippen molar-refractivity contribution in [3.8, 4) is 11.8 Å². The molecule has 126 valence electrons. The number of hydroxylamine groups is 2. The van der Waals surface area contributed by atoms with Gasteiger partial charge in [0.2, 0.25) is 0 Å². The van der Waals surface area contributed by atoms with Crippen LogP contribution in [0.3, 0.4) is 0 Å². The van der Waals surface area contributed by atoms with Gasteiger partial charge < -0.3 is 10.5 Å². The Morgan fingerprint density at radius 1 is 1.25 bits per heavy atom. The highest BCUT2D eigenvalue weighted by molar-refractivity contribution is 7.10. The third-order valence-electron chi connectivity index (χ3n) is 3.13. The van der Waals surface area contributed by atoms with Crippen molar-refractivity contribution in [3.05, 3.63) is 57.5 Å². The van der Waals surface area contributed by atoms with Gasteiger partial charge in [-0.1, -0.05) is 24.0 Å². The van der Waals surface area contributed by atoms with Crippen LogP contribution in [-0.4, -0.2) is 22.8 Å². The number of rotatable bonds is 6. The molecule has 0 aliphatic heterocycles. The number of urea groups is 1. The van der Waals surface area contributed by atoms with Crippen LogP contribution in [0.2, 0.25) is 0 Å². The Kier molecular flexibility index (Phi) is 6.75. The number of hydrogen-bond acceptors (Lipinski definition) is 4. The van der Waals surface area contributed by atoms with Gasteiger partial charge in [-0.3, -0.25) is 5.21 Å². The van der Waals surface area contributed by atoms with E-state index in [1.807, 2.05) is 11.4 Å². The molecule has 5 nitrogen and oxygen atoms in total. The fraction of sp³-hybridized carbons (Fsp3) is 0.235. The number of thiophene rings is 1. The molecule has 0 aliphatic carbocycles. The first-order valence-electron chi connectivity index (χ1n) is 7.15. The van der Waals surface area contributed by atoms with Crippen molar-refractivity contribution in [2.45, 2.75) is 19.6 Å². The smallest absolute Gasteiger partial charge is 0.339 e. The maximum Gasteiger partial charge on any atom is 0.339 e. The molecular weight excluding hydrogens is 331 g/mol. The summed E-state index contributed by atoms with van der Waals surface area (Å²) in [6.07, 6.45) is 0.500. The maximum atomic E-state index is 12.8. The van der Waals surface area contributed by atoms with Crippen LogP contribution in [0.25, 0.3) is 0 Å². The van der Waals surface area contributed by atoms with E-state index >= 15 is 0 Å². The zero-order valence-electron chi connectivity index (χ0n) is 12.9. The molecule has 1 aromatic carbocycles. The van der Waals surface area contributed by atoms with Gasteiger partial charge in [0.15, 0.2) is 0 Å². The second-order valence-corrected chi connectivity index (χ2v) is 5.92. The lowest BCUT2D eigenvalue weighted by Crippen LogP contribution is -2.32. The lowest BCUT2D eigenvalue weighted by atomic mass is 10.2. The molecule has 0 saturated carbocycles. The highest BCUT2D eigenvalue weighted by atomic mass is 32.1. The molecule has 0 spiro atoms. The van der Waals surface area contributed by atoms with Crippen LogP contribution in [-0.2, 0) is 24.4 Å². The average molecular weight is 348 g/mol. The SMILES string of the molecule is NC(=O)N(O)CC#CCc1sccc1COCc1ccc(F)cc1. The number of nitrogens with zero attached hydrogens (tertiary/aromatic N) is 1. The van der Waals surface area contributed by atoms with Crippen molar-refractivity contribution < 1.29 is 19.1 Å². The fourth-order valence-corrected chi connectivity index (χ4v) is 2.69. The topological polar surface area (TPSA) is 75.8 Å². The summed E-state index contributed by atoms with van der Waals surface area (Å²) in [6.45, 7) is 0.710. The molecule has 2 aromatic rings. The standard InChI is InChI=1S/C17H17FN2O3S/c18-15-6-4-13(5-7-15)11-23-12-14-8-10-24-16(14)3-1-2-9-20(22)17(19)21/h4-8,10,22H,3,9,11-12H2,(H2,19,21). The second kappa shape index (κ2) is 9.03. The molecule has 2 rings (SSSR count). The fourth-order valence-electron chi connectivity index (χ4n) is 1.86. The zero-order chi connectivity index (χ0) is 17.4. The Morgan fingerprint density at radius 2 is 2.00 bits per heavy atom. The summed E-state index contributed by atoms with van der Waals surface area (Å²) in [4.78, 5) is 11.7. The van der Waals surface area contributed by atoms with E-state index in [0.29, 0.717) is 24.7 Å². The maximum absolute atomic E-state index is 12.8. The summed E-state index contributed by atoms with van der Waals surface area (Å²) < 4.78 is 18.5. The Labute approximate surface area is 143 Å². The van der Waals surface area contributed by atoms with E-state index in [-0.39, 0.29) is 12.4 Å². The first-order chi connectivity index (χ1) is 11.6. The molecule has 2 amide bonds. The average Bonchev–Trinajstić information content (AvgIpc) is 3.00. The molecular formula is C17H17FN2O3S. The van der Waals surface area contributed by atoms with Gasteiger partial charge in [0.25, 0.3) is 0 Å². The van der Waals surface area contributed by atoms with Crippen molar-refractivity contribution in [2.75, 3.05) is 6.54 Å². The number of primary amides is 1. The predicted molar refractivity (Wildman–Crippen MR) is 88.8 cm³/mol. The number of hydrogen-bond donors (Lipinski definition) is 2. The summed E-state index contributed by atoms with van der Waals surface area (Å²) in [5.74, 6) is 5.29. The lowest BCUT2D eigenvalue weighted by molar-refractivity contribution is -0.0269. The molecule has 1 aromatic heterocycles. The second-order valence-electron chi connectivity index (χ2n) is 4.91. The summed E-state index contributed by atoms with van der Waals surface area (Å²) in [7, 11) is 0. The van der Waals surface area contributed by atoms with E-state index in [1.54, 1.807) is 23.5 Å². The van der Waals surface area contributed by atoms with Crippen LogP contribution in [0, 0.1) is 17.7 Å². The third-order valence-corrected chi connectivity index (χ3v) is 4.10. The summed E-state index contributed by atoms with van der Waals surface area (Å²) in [5, 5.41) is 11.4. The largest absolute Gasteiger partial charge is 0.372 e. The van der Waals surface area contributed by atoms with Gasteiger partial charge in [0.05, 0.1) is 13.2 Å². The van der Waals surface area contributed by atoms with Crippen molar-refractivity contribution in [2.24, 2.45) is 5.73 Å². The van der Waals surface area contributed by atoms with Crippen molar-refractivity contribution in [1.82, 2.24) is 5.06 Å². The summed E-state index contributed by atoms with van der Waals surface area (Å²) in [6, 6.07) is 7.22. The van der Waals surface area contributed by atoms with Crippen molar-refractivity contribution in [1.29, 1.82) is 0 Å². The minimum absolute atomic E-state index is 0.128. The highest BCUT2D eigenvalue weighted by Crippen LogP contribution is 2.18. The molecule has 7 heteroatoms. The molecule has 0 aliphatic rings. The Balaban J connectivity index is 1.81. The third kappa shape index (κ3) is 5.66. The van der Waals surface area contributed by atoms with Gasteiger partial charge in [-0.25, -0.2) is 9.18 Å². The Hall–Kier alpha value is -2.40. The number of carbonyl (C=O) groups excluding carboxylic acids is 1. The molecule has 0 bridgehead atoms. The van der Waals surface area contributed by atoms with E-state index < -0.39 is 6.03 Å². The van der Waals surface area contributed by atoms with E-state index in [2.05, 4.69) is 11.8 Å². The van der Waals surface area contributed by atoms with Gasteiger partial charge >= 0.3 is 6.03 Å². The molecule has 0 saturated heterocycles. The highest BCUT2D eigenvalue weighted by Gasteiger charge is 2.04. The van der Waals surface area contributed by atoms with Crippen LogP contribution in [0.4, 0.5) is 9.18 Å². The number of amides is 2. The first kappa shape index (κ1) is 17.9. The molecule has 3 N–H and O–H groups in total. The molecule has 0 radical (unpaired) electrons. The van der Waals surface area contributed by atoms with Crippen LogP contribution in [0.15, 0.2) is 35.7 Å². The monoisotopic (exact) mass is 348 g/mol. The minimum Gasteiger partial charge on any atom is -0.372 e. The predicted octanol–water partition coefficient (Wildman–Crippen LogP) is 2.92. The number of nitrogens with two attached hydrogens (primary N) is 1. The quantitative estimate of drug-likeness (QED) is 0.479. The number of carbonyl (C=O) groups is 1. The van der Waals surface area contributed by atoms with Crippen LogP contribution < -0.4 is 5.73 Å². The van der Waals surface area contributed by atoms with Crippen molar-refractivity contribution >= 4 is 17.4 Å². The zero-order valence-corrected chi connectivity index (χ0v) is 13.7. The van der Waals surface area contributed by atoms with Crippen molar-refractivity contribution in [3.63, 3.8) is 0 Å². The van der Waals surface area contributed by atoms with Crippen LogP contribution >= 0.6 is 11.3 Å². The van der Waals surface area contributed by atoms with Gasteiger partial charge in [-0.2, -0.15) is 5.06 Å². The molecule has 1 heterocycles. The van der Waals surface area contributed by atoms with Gasteiger partial charge in [-0.05, 0) is 34.7 Å². The lowest BCUT2D eigenvalue weighted by Gasteiger charge is -2.06. The van der Waals surface area contributed by atoms with E-state index in [0.717, 1.165) is 16.0 Å². The van der Waals surface area contributed by atoms with Gasteiger partial charge in [0.1, 0.15) is 12.4 Å². The number of ether oxygens (including phenoxy) is 1. The number of benzene rings is 1. The van der Waals surface area contributed by atoms with E-state index in [9.17, 15) is 9.18 Å². The molecule has 0 fully saturated rings. The first-order valence-corrected chi connectivity index (χ1v) is 8.03. The van der Waals surface area contributed by atoms with Gasteiger partial charge in [0, 0.05) is 11.3 Å². The summed E-state index contributed by atoms with van der Waals surface area (Å²) >= 11 is 1.56. The summed E-state index contributed by atoms with van der Waals surface area (Å²) in [5.41, 5.74) is 6.82. The van der Waals surface area contributed by atoms with Crippen LogP contribution in [0.1, 0.15) is 16.0 Å². The number of halogens is 1. The Morgan fingerprint density at radius 3 is 2.71 bits per heavy atom. The Bertz CT molecular complexity index is 734. The minimum atomic E-state index is -0.935. The molecule has 0 unspecified atom stereocenters.